The van der Waals surface area contributed by atoms with E-state index in [4.69, 9.17) is 0 Å². The monoisotopic (exact) mass is 267 g/mol. The van der Waals surface area contributed by atoms with Gasteiger partial charge in [-0.1, -0.05) is 6.92 Å². The molecule has 1 aromatic carbocycles. The van der Waals surface area contributed by atoms with Crippen molar-refractivity contribution in [2.75, 3.05) is 23.7 Å². The van der Waals surface area contributed by atoms with Gasteiger partial charge in [-0.05, 0) is 31.5 Å². The highest BCUT2D eigenvalue weighted by molar-refractivity contribution is 8.00. The van der Waals surface area contributed by atoms with Crippen molar-refractivity contribution in [1.82, 2.24) is 0 Å². The molecule has 18 heavy (non-hydrogen) atoms. The summed E-state index contributed by atoms with van der Waals surface area (Å²) < 4.78 is 13.6. The van der Waals surface area contributed by atoms with E-state index in [9.17, 15) is 9.18 Å². The van der Waals surface area contributed by atoms with Crippen LogP contribution in [0, 0.1) is 12.7 Å². The molecule has 1 aliphatic heterocycles. The highest BCUT2D eigenvalue weighted by Crippen LogP contribution is 2.29. The Hall–Kier alpha value is -1.03. The Labute approximate surface area is 112 Å². The number of rotatable bonds is 2. The number of carbonyl (C=O) groups is 1. The van der Waals surface area contributed by atoms with Gasteiger partial charge in [0, 0.05) is 35.3 Å². The molecule has 1 aliphatic rings. The van der Waals surface area contributed by atoms with Crippen LogP contribution < -0.4 is 4.90 Å². The molecule has 1 heterocycles. The zero-order valence-corrected chi connectivity index (χ0v) is 11.8. The van der Waals surface area contributed by atoms with Crippen molar-refractivity contribution >= 4 is 23.2 Å². The molecule has 1 saturated heterocycles. The number of hydrogen-bond acceptors (Lipinski definition) is 3. The number of halogens is 1. The lowest BCUT2D eigenvalue weighted by atomic mass is 10.0. The van der Waals surface area contributed by atoms with Crippen molar-refractivity contribution in [3.05, 3.63) is 29.1 Å². The summed E-state index contributed by atoms with van der Waals surface area (Å²) in [4.78, 5) is 13.9. The van der Waals surface area contributed by atoms with E-state index in [0.717, 1.165) is 24.5 Å². The van der Waals surface area contributed by atoms with E-state index in [1.165, 1.54) is 13.0 Å². The lowest BCUT2D eigenvalue weighted by molar-refractivity contribution is 0.101. The van der Waals surface area contributed by atoms with E-state index in [2.05, 4.69) is 11.8 Å². The van der Waals surface area contributed by atoms with E-state index < -0.39 is 0 Å². The van der Waals surface area contributed by atoms with Crippen LogP contribution in [-0.4, -0.2) is 29.9 Å². The van der Waals surface area contributed by atoms with Crippen LogP contribution in [0.1, 0.15) is 29.8 Å². The van der Waals surface area contributed by atoms with E-state index in [1.807, 2.05) is 11.8 Å². The highest BCUT2D eigenvalue weighted by Gasteiger charge is 2.21. The smallest absolute Gasteiger partial charge is 0.161 e. The summed E-state index contributed by atoms with van der Waals surface area (Å²) in [6.45, 7) is 7.25. The molecule has 0 amide bonds. The maximum absolute atomic E-state index is 13.6. The van der Waals surface area contributed by atoms with E-state index in [-0.39, 0.29) is 11.6 Å². The van der Waals surface area contributed by atoms with Gasteiger partial charge in [-0.25, -0.2) is 4.39 Å². The Kier molecular flexibility index (Phi) is 3.95. The van der Waals surface area contributed by atoms with Gasteiger partial charge in [-0.3, -0.25) is 4.79 Å². The largest absolute Gasteiger partial charge is 0.369 e. The fourth-order valence-corrected chi connectivity index (χ4v) is 3.26. The Morgan fingerprint density at radius 3 is 2.83 bits per heavy atom. The first-order chi connectivity index (χ1) is 8.49. The number of Topliss-reactive ketones (excluding diaryl/α,β-unsaturated/α-hetero) is 1. The van der Waals surface area contributed by atoms with Gasteiger partial charge < -0.3 is 4.90 Å². The molecule has 4 heteroatoms. The van der Waals surface area contributed by atoms with Crippen LogP contribution in [0.2, 0.25) is 0 Å². The third-order valence-electron chi connectivity index (χ3n) is 3.24. The van der Waals surface area contributed by atoms with Gasteiger partial charge in [0.15, 0.2) is 5.78 Å². The minimum atomic E-state index is -0.302. The van der Waals surface area contributed by atoms with Gasteiger partial charge in [0.2, 0.25) is 0 Å². The molecule has 0 saturated carbocycles. The predicted octanol–water partition coefficient (Wildman–Crippen LogP) is 3.28. The minimum absolute atomic E-state index is 0.0743. The van der Waals surface area contributed by atoms with Crippen molar-refractivity contribution in [3.8, 4) is 0 Å². The summed E-state index contributed by atoms with van der Waals surface area (Å²) in [5, 5.41) is 0.545. The molecule has 0 aliphatic carbocycles. The van der Waals surface area contributed by atoms with Gasteiger partial charge in [0.1, 0.15) is 5.82 Å². The fraction of sp³-hybridized carbons (Fsp3) is 0.500. The van der Waals surface area contributed by atoms with E-state index >= 15 is 0 Å². The van der Waals surface area contributed by atoms with Crippen LogP contribution >= 0.6 is 11.8 Å². The molecule has 1 atom stereocenters. The Bertz CT molecular complexity index is 475. The maximum atomic E-state index is 13.6. The van der Waals surface area contributed by atoms with Crippen molar-refractivity contribution < 1.29 is 9.18 Å². The van der Waals surface area contributed by atoms with Crippen LogP contribution in [0.4, 0.5) is 10.1 Å². The van der Waals surface area contributed by atoms with E-state index in [0.29, 0.717) is 16.4 Å². The second-order valence-electron chi connectivity index (χ2n) is 4.80. The molecule has 0 bridgehead atoms. The molecule has 0 radical (unpaired) electrons. The van der Waals surface area contributed by atoms with Gasteiger partial charge in [-0.15, -0.1) is 0 Å². The number of nitrogens with zero attached hydrogens (tertiary/aromatic N) is 1. The standard InChI is InChI=1S/C14H18FNOS/c1-9-6-14(12(11(3)17)7-13(9)15)16-4-5-18-10(2)8-16/h6-7,10H,4-5,8H2,1-3H3. The molecule has 1 aromatic rings. The molecule has 0 aromatic heterocycles. The molecule has 2 rings (SSSR count). The Balaban J connectivity index is 2.41. The summed E-state index contributed by atoms with van der Waals surface area (Å²) in [7, 11) is 0. The van der Waals surface area contributed by atoms with Gasteiger partial charge in [-0.2, -0.15) is 11.8 Å². The second-order valence-corrected chi connectivity index (χ2v) is 6.35. The molecule has 1 unspecified atom stereocenters. The highest BCUT2D eigenvalue weighted by atomic mass is 32.2. The van der Waals surface area contributed by atoms with Crippen LogP contribution in [0.5, 0.6) is 0 Å². The zero-order chi connectivity index (χ0) is 13.3. The van der Waals surface area contributed by atoms with Crippen molar-refractivity contribution in [3.63, 3.8) is 0 Å². The third-order valence-corrected chi connectivity index (χ3v) is 4.37. The normalized spacial score (nSPS) is 20.0. The second kappa shape index (κ2) is 5.31. The Morgan fingerprint density at radius 1 is 1.50 bits per heavy atom. The molecular weight excluding hydrogens is 249 g/mol. The number of benzene rings is 1. The zero-order valence-electron chi connectivity index (χ0n) is 11.0. The molecule has 98 valence electrons. The summed E-state index contributed by atoms with van der Waals surface area (Å²) in [5.74, 6) is 0.674. The average Bonchev–Trinajstić information content (AvgIpc) is 2.31. The Morgan fingerprint density at radius 2 is 2.22 bits per heavy atom. The van der Waals surface area contributed by atoms with Crippen LogP contribution in [0.25, 0.3) is 0 Å². The molecule has 0 spiro atoms. The summed E-state index contributed by atoms with van der Waals surface area (Å²) >= 11 is 1.94. The maximum Gasteiger partial charge on any atom is 0.161 e. The van der Waals surface area contributed by atoms with Crippen LogP contribution in [-0.2, 0) is 0 Å². The van der Waals surface area contributed by atoms with Crippen molar-refractivity contribution in [2.45, 2.75) is 26.0 Å². The van der Waals surface area contributed by atoms with Gasteiger partial charge in [0.05, 0.1) is 0 Å². The average molecular weight is 267 g/mol. The summed E-state index contributed by atoms with van der Waals surface area (Å²) in [6, 6.07) is 3.17. The fourth-order valence-electron chi connectivity index (χ4n) is 2.25. The first-order valence-electron chi connectivity index (χ1n) is 6.16. The topological polar surface area (TPSA) is 20.3 Å². The number of carbonyl (C=O) groups excluding carboxylic acids is 1. The van der Waals surface area contributed by atoms with Gasteiger partial charge in [0.25, 0.3) is 0 Å². The van der Waals surface area contributed by atoms with Crippen molar-refractivity contribution in [1.29, 1.82) is 0 Å². The first-order valence-corrected chi connectivity index (χ1v) is 7.21. The lowest BCUT2D eigenvalue weighted by Crippen LogP contribution is -2.37. The van der Waals surface area contributed by atoms with Crippen LogP contribution in [0.15, 0.2) is 12.1 Å². The number of aryl methyl sites for hydroxylation is 1. The molecule has 2 nitrogen and oxygen atoms in total. The SMILES string of the molecule is CC(=O)c1cc(F)c(C)cc1N1CCSC(C)C1. The quantitative estimate of drug-likeness (QED) is 0.767. The van der Waals surface area contributed by atoms with Crippen LogP contribution in [0.3, 0.4) is 0 Å². The van der Waals surface area contributed by atoms with E-state index in [1.54, 1.807) is 13.0 Å². The predicted molar refractivity (Wildman–Crippen MR) is 75.3 cm³/mol. The molecule has 1 fully saturated rings. The first kappa shape index (κ1) is 13.4. The number of ketones is 1. The van der Waals surface area contributed by atoms with Crippen molar-refractivity contribution in [2.24, 2.45) is 0 Å². The number of thioether (sulfide) groups is 1. The van der Waals surface area contributed by atoms with Gasteiger partial charge >= 0.3 is 0 Å². The minimum Gasteiger partial charge on any atom is -0.369 e. The summed E-state index contributed by atoms with van der Waals surface area (Å²) in [5.41, 5.74) is 1.98. The number of hydrogen-bond donors (Lipinski definition) is 0. The lowest BCUT2D eigenvalue weighted by Gasteiger charge is -2.33. The summed E-state index contributed by atoms with van der Waals surface area (Å²) in [6.07, 6.45) is 0. The number of anilines is 1. The third kappa shape index (κ3) is 2.69. The molecule has 0 N–H and O–H groups in total. The molecular formula is C14H18FNOS.